The molecular weight excluding hydrogens is 320 g/mol. The van der Waals surface area contributed by atoms with Crippen LogP contribution in [0.25, 0.3) is 0 Å². The second-order valence-corrected chi connectivity index (χ2v) is 5.99. The fraction of sp³-hybridized carbons (Fsp3) is 0.333. The van der Waals surface area contributed by atoms with Gasteiger partial charge >= 0.3 is 0 Å². The van der Waals surface area contributed by atoms with E-state index in [1.165, 1.54) is 12.1 Å². The van der Waals surface area contributed by atoms with Gasteiger partial charge in [-0.2, -0.15) is 5.26 Å². The first kappa shape index (κ1) is 16.7. The number of amides is 1. The first-order chi connectivity index (χ1) is 12.1. The molecule has 0 spiro atoms. The average Bonchev–Trinajstić information content (AvgIpc) is 2.61. The quantitative estimate of drug-likeness (QED) is 0.913. The molecule has 7 heteroatoms. The van der Waals surface area contributed by atoms with E-state index in [0.29, 0.717) is 30.2 Å². The van der Waals surface area contributed by atoms with E-state index in [2.05, 4.69) is 16.4 Å². The van der Waals surface area contributed by atoms with Crippen molar-refractivity contribution >= 4 is 11.7 Å². The summed E-state index contributed by atoms with van der Waals surface area (Å²) in [7, 11) is 0. The van der Waals surface area contributed by atoms with Gasteiger partial charge in [-0.3, -0.25) is 9.59 Å². The molecule has 0 unspecified atom stereocenters. The van der Waals surface area contributed by atoms with Crippen LogP contribution in [0.3, 0.4) is 0 Å². The number of rotatable bonds is 3. The number of nitrogens with one attached hydrogen (secondary N) is 1. The first-order valence-corrected chi connectivity index (χ1v) is 8.09. The van der Waals surface area contributed by atoms with E-state index in [-0.39, 0.29) is 23.1 Å². The third-order valence-electron chi connectivity index (χ3n) is 4.15. The Morgan fingerprint density at radius 2 is 2.16 bits per heavy atom. The summed E-state index contributed by atoms with van der Waals surface area (Å²) in [6, 6.07) is 8.17. The number of carbonyl (C=O) groups is 1. The summed E-state index contributed by atoms with van der Waals surface area (Å²) in [6.45, 7) is 3.01. The highest BCUT2D eigenvalue weighted by Crippen LogP contribution is 2.21. The normalized spacial score (nSPS) is 14.8. The Morgan fingerprint density at radius 1 is 1.40 bits per heavy atom. The summed E-state index contributed by atoms with van der Waals surface area (Å²) in [6.07, 6.45) is 3.12. The van der Waals surface area contributed by atoms with Gasteiger partial charge in [0.1, 0.15) is 17.6 Å². The van der Waals surface area contributed by atoms with Crippen LogP contribution in [-0.2, 0) is 0 Å². The minimum absolute atomic E-state index is 0.0104. The van der Waals surface area contributed by atoms with Crippen molar-refractivity contribution in [2.45, 2.75) is 25.8 Å². The number of hydrogen-bond donors (Lipinski definition) is 1. The second-order valence-electron chi connectivity index (χ2n) is 5.99. The van der Waals surface area contributed by atoms with Crippen molar-refractivity contribution in [1.82, 2.24) is 10.3 Å². The van der Waals surface area contributed by atoms with Crippen LogP contribution in [0.5, 0.6) is 0 Å². The predicted molar refractivity (Wildman–Crippen MR) is 91.4 cm³/mol. The molecule has 1 saturated heterocycles. The largest absolute Gasteiger partial charge is 0.456 e. The van der Waals surface area contributed by atoms with Crippen LogP contribution in [0.2, 0.25) is 0 Å². The van der Waals surface area contributed by atoms with Gasteiger partial charge in [0.25, 0.3) is 5.91 Å². The highest BCUT2D eigenvalue weighted by molar-refractivity contribution is 5.91. The molecule has 1 aliphatic heterocycles. The summed E-state index contributed by atoms with van der Waals surface area (Å²) in [5.41, 5.74) is 0.300. The van der Waals surface area contributed by atoms with Crippen molar-refractivity contribution in [2.24, 2.45) is 0 Å². The van der Waals surface area contributed by atoms with Crippen molar-refractivity contribution < 1.29 is 9.21 Å². The maximum Gasteiger partial charge on any atom is 0.287 e. The molecule has 25 heavy (non-hydrogen) atoms. The zero-order valence-electron chi connectivity index (χ0n) is 13.9. The Hall–Kier alpha value is -3.14. The monoisotopic (exact) mass is 338 g/mol. The molecule has 128 valence electrons. The van der Waals surface area contributed by atoms with Crippen LogP contribution in [0.1, 0.15) is 34.7 Å². The molecular formula is C18H18N4O3. The van der Waals surface area contributed by atoms with E-state index in [1.807, 2.05) is 4.90 Å². The lowest BCUT2D eigenvalue weighted by Crippen LogP contribution is -2.45. The fourth-order valence-electron chi connectivity index (χ4n) is 2.94. The summed E-state index contributed by atoms with van der Waals surface area (Å²) in [5, 5.41) is 12.1. The van der Waals surface area contributed by atoms with Crippen LogP contribution in [-0.4, -0.2) is 30.0 Å². The third-order valence-corrected chi connectivity index (χ3v) is 4.15. The van der Waals surface area contributed by atoms with Crippen LogP contribution in [0.15, 0.2) is 39.7 Å². The molecule has 0 aliphatic carbocycles. The summed E-state index contributed by atoms with van der Waals surface area (Å²) in [5.74, 6) is 0.741. The number of anilines is 1. The Bertz CT molecular complexity index is 876. The molecule has 3 rings (SSSR count). The molecule has 2 aromatic rings. The standard InChI is InChI=1S/C18H18N4O3/c1-12-9-15(23)10-16(25-12)18(24)21-14-4-7-22(8-5-14)17-13(11-19)3-2-6-20-17/h2-3,6,9-10,14H,4-5,7-8H2,1H3,(H,21,24). The molecule has 0 saturated carbocycles. The number of nitrogens with zero attached hydrogens (tertiary/aromatic N) is 3. The van der Waals surface area contributed by atoms with Gasteiger partial charge in [0, 0.05) is 37.5 Å². The number of piperidine rings is 1. The van der Waals surface area contributed by atoms with E-state index in [0.717, 1.165) is 12.8 Å². The predicted octanol–water partition coefficient (Wildman–Crippen LogP) is 1.61. The summed E-state index contributed by atoms with van der Waals surface area (Å²) >= 11 is 0. The minimum atomic E-state index is -0.380. The van der Waals surface area contributed by atoms with Crippen LogP contribution in [0, 0.1) is 18.3 Å². The van der Waals surface area contributed by atoms with E-state index >= 15 is 0 Å². The molecule has 0 aromatic carbocycles. The van der Waals surface area contributed by atoms with E-state index < -0.39 is 0 Å². The zero-order valence-corrected chi connectivity index (χ0v) is 13.9. The lowest BCUT2D eigenvalue weighted by molar-refractivity contribution is 0.0898. The molecule has 0 bridgehead atoms. The molecule has 3 heterocycles. The molecule has 1 N–H and O–H groups in total. The highest BCUT2D eigenvalue weighted by Gasteiger charge is 2.24. The van der Waals surface area contributed by atoms with Gasteiger partial charge in [-0.1, -0.05) is 0 Å². The van der Waals surface area contributed by atoms with Crippen LogP contribution in [0.4, 0.5) is 5.82 Å². The van der Waals surface area contributed by atoms with Gasteiger partial charge < -0.3 is 14.6 Å². The van der Waals surface area contributed by atoms with E-state index in [1.54, 1.807) is 25.3 Å². The van der Waals surface area contributed by atoms with Gasteiger partial charge in [-0.15, -0.1) is 0 Å². The van der Waals surface area contributed by atoms with Gasteiger partial charge in [0.15, 0.2) is 11.2 Å². The molecule has 1 fully saturated rings. The Kier molecular flexibility index (Phi) is 4.80. The molecule has 1 aliphatic rings. The van der Waals surface area contributed by atoms with Gasteiger partial charge in [-0.25, -0.2) is 4.98 Å². The summed E-state index contributed by atoms with van der Waals surface area (Å²) in [4.78, 5) is 30.1. The Morgan fingerprint density at radius 3 is 2.84 bits per heavy atom. The van der Waals surface area contributed by atoms with Crippen LogP contribution < -0.4 is 15.6 Å². The fourth-order valence-corrected chi connectivity index (χ4v) is 2.94. The summed E-state index contributed by atoms with van der Waals surface area (Å²) < 4.78 is 5.31. The third kappa shape index (κ3) is 3.86. The highest BCUT2D eigenvalue weighted by atomic mass is 16.3. The van der Waals surface area contributed by atoms with Gasteiger partial charge in [0.05, 0.1) is 5.56 Å². The number of carbonyl (C=O) groups excluding carboxylic acids is 1. The SMILES string of the molecule is Cc1cc(=O)cc(C(=O)NC2CCN(c3ncccc3C#N)CC2)o1. The Balaban J connectivity index is 1.62. The number of hydrogen-bond acceptors (Lipinski definition) is 6. The number of aromatic nitrogens is 1. The molecule has 1 amide bonds. The molecule has 0 atom stereocenters. The number of aryl methyl sites for hydroxylation is 1. The lowest BCUT2D eigenvalue weighted by atomic mass is 10.0. The number of pyridine rings is 1. The molecule has 0 radical (unpaired) electrons. The topological polar surface area (TPSA) is 99.2 Å². The van der Waals surface area contributed by atoms with Crippen molar-refractivity contribution in [3.05, 3.63) is 57.8 Å². The second kappa shape index (κ2) is 7.18. The lowest BCUT2D eigenvalue weighted by Gasteiger charge is -2.33. The van der Waals surface area contributed by atoms with Crippen molar-refractivity contribution in [3.63, 3.8) is 0 Å². The van der Waals surface area contributed by atoms with Crippen LogP contribution >= 0.6 is 0 Å². The molecule has 2 aromatic heterocycles. The molecule has 7 nitrogen and oxygen atoms in total. The van der Waals surface area contributed by atoms with E-state index in [9.17, 15) is 14.9 Å². The smallest absolute Gasteiger partial charge is 0.287 e. The maximum absolute atomic E-state index is 12.3. The van der Waals surface area contributed by atoms with Crippen molar-refractivity contribution in [2.75, 3.05) is 18.0 Å². The van der Waals surface area contributed by atoms with Gasteiger partial charge in [-0.05, 0) is 31.9 Å². The first-order valence-electron chi connectivity index (χ1n) is 8.09. The minimum Gasteiger partial charge on any atom is -0.456 e. The van der Waals surface area contributed by atoms with E-state index in [4.69, 9.17) is 4.42 Å². The average molecular weight is 338 g/mol. The maximum atomic E-state index is 12.3. The zero-order chi connectivity index (χ0) is 17.8. The van der Waals surface area contributed by atoms with Gasteiger partial charge in [0.2, 0.25) is 0 Å². The van der Waals surface area contributed by atoms with Crippen molar-refractivity contribution in [1.29, 1.82) is 5.26 Å². The number of nitriles is 1. The Labute approximate surface area is 144 Å². The van der Waals surface area contributed by atoms with Crippen molar-refractivity contribution in [3.8, 4) is 6.07 Å².